The van der Waals surface area contributed by atoms with Crippen LogP contribution in [-0.2, 0) is 12.8 Å². The van der Waals surface area contributed by atoms with Crippen LogP contribution in [0.4, 0.5) is 0 Å². The smallest absolute Gasteiger partial charge is 0.119 e. The highest BCUT2D eigenvalue weighted by atomic mass is 16.5. The molecule has 0 aliphatic rings. The third kappa shape index (κ3) is 3.73. The van der Waals surface area contributed by atoms with Gasteiger partial charge in [0.2, 0.25) is 0 Å². The van der Waals surface area contributed by atoms with Gasteiger partial charge in [-0.3, -0.25) is 0 Å². The van der Waals surface area contributed by atoms with Gasteiger partial charge in [0.1, 0.15) is 5.75 Å². The van der Waals surface area contributed by atoms with Gasteiger partial charge in [-0.25, -0.2) is 0 Å². The minimum atomic E-state index is 0.737. The quantitative estimate of drug-likeness (QED) is 0.651. The molecule has 0 amide bonds. The van der Waals surface area contributed by atoms with Crippen LogP contribution in [0.15, 0.2) is 30.4 Å². The van der Waals surface area contributed by atoms with E-state index in [4.69, 9.17) is 4.74 Å². The van der Waals surface area contributed by atoms with Crippen LogP contribution in [0.5, 0.6) is 5.75 Å². The van der Waals surface area contributed by atoms with Crippen LogP contribution in [0.2, 0.25) is 0 Å². The Bertz CT molecular complexity index is 339. The molecule has 0 aromatic heterocycles. The molecule has 0 aliphatic carbocycles. The van der Waals surface area contributed by atoms with Crippen molar-refractivity contribution in [3.63, 3.8) is 0 Å². The van der Waals surface area contributed by atoms with Gasteiger partial charge >= 0.3 is 0 Å². The van der Waals surface area contributed by atoms with Crippen LogP contribution in [-0.4, -0.2) is 6.61 Å². The maximum absolute atomic E-state index is 5.51. The van der Waals surface area contributed by atoms with Crippen molar-refractivity contribution in [3.05, 3.63) is 41.5 Å². The van der Waals surface area contributed by atoms with Gasteiger partial charge in [0.25, 0.3) is 0 Å². The summed E-state index contributed by atoms with van der Waals surface area (Å²) in [6.07, 6.45) is 7.65. The molecular weight excluding hydrogens is 196 g/mol. The minimum absolute atomic E-state index is 0.737. The third-order valence-corrected chi connectivity index (χ3v) is 2.69. The van der Waals surface area contributed by atoms with Crippen molar-refractivity contribution in [2.75, 3.05) is 6.61 Å². The molecule has 1 nitrogen and oxygen atoms in total. The topological polar surface area (TPSA) is 9.23 Å². The van der Waals surface area contributed by atoms with Crippen molar-refractivity contribution in [2.24, 2.45) is 0 Å². The zero-order valence-corrected chi connectivity index (χ0v) is 10.6. The van der Waals surface area contributed by atoms with Crippen LogP contribution in [0.1, 0.15) is 38.3 Å². The number of rotatable bonds is 6. The van der Waals surface area contributed by atoms with E-state index in [1.54, 1.807) is 0 Å². The Hall–Kier alpha value is -1.24. The zero-order chi connectivity index (χ0) is 11.8. The molecule has 1 aromatic carbocycles. The summed E-state index contributed by atoms with van der Waals surface area (Å²) in [5.74, 6) is 0.995. The Morgan fingerprint density at radius 3 is 2.62 bits per heavy atom. The summed E-state index contributed by atoms with van der Waals surface area (Å²) in [5.41, 5.74) is 2.86. The Morgan fingerprint density at radius 2 is 2.00 bits per heavy atom. The number of hydrogen-bond donors (Lipinski definition) is 0. The summed E-state index contributed by atoms with van der Waals surface area (Å²) in [6.45, 7) is 7.02. The predicted molar refractivity (Wildman–Crippen MR) is 70.1 cm³/mol. The molecule has 0 saturated carbocycles. The number of aryl methyl sites for hydroxylation is 2. The second kappa shape index (κ2) is 7.10. The van der Waals surface area contributed by atoms with Crippen LogP contribution in [0.3, 0.4) is 0 Å². The van der Waals surface area contributed by atoms with Gasteiger partial charge in [0, 0.05) is 0 Å². The van der Waals surface area contributed by atoms with Gasteiger partial charge in [0.05, 0.1) is 6.61 Å². The second-order valence-corrected chi connectivity index (χ2v) is 3.82. The van der Waals surface area contributed by atoms with E-state index in [-0.39, 0.29) is 0 Å². The van der Waals surface area contributed by atoms with Crippen molar-refractivity contribution in [2.45, 2.75) is 40.0 Å². The molecule has 1 rings (SSSR count). The fourth-order valence-corrected chi connectivity index (χ4v) is 1.84. The van der Waals surface area contributed by atoms with E-state index in [1.807, 2.05) is 6.92 Å². The Kier molecular flexibility index (Phi) is 5.69. The number of hydrogen-bond acceptors (Lipinski definition) is 1. The van der Waals surface area contributed by atoms with E-state index in [2.05, 4.69) is 44.2 Å². The predicted octanol–water partition coefficient (Wildman–Crippen LogP) is 4.16. The molecule has 0 spiro atoms. The van der Waals surface area contributed by atoms with Gasteiger partial charge in [-0.2, -0.15) is 0 Å². The normalized spacial score (nSPS) is 10.9. The molecule has 0 unspecified atom stereocenters. The molecule has 16 heavy (non-hydrogen) atoms. The minimum Gasteiger partial charge on any atom is -0.494 e. The first-order valence-corrected chi connectivity index (χ1v) is 6.17. The molecule has 0 bridgehead atoms. The van der Waals surface area contributed by atoms with Crippen molar-refractivity contribution in [3.8, 4) is 5.75 Å². The van der Waals surface area contributed by atoms with E-state index < -0.39 is 0 Å². The van der Waals surface area contributed by atoms with Gasteiger partial charge in [-0.15, -0.1) is 0 Å². The first-order valence-electron chi connectivity index (χ1n) is 6.17. The van der Waals surface area contributed by atoms with Gasteiger partial charge < -0.3 is 4.74 Å². The van der Waals surface area contributed by atoms with Gasteiger partial charge in [0.15, 0.2) is 0 Å². The van der Waals surface area contributed by atoms with Crippen LogP contribution >= 0.6 is 0 Å². The first kappa shape index (κ1) is 12.8. The van der Waals surface area contributed by atoms with Crippen molar-refractivity contribution in [1.82, 2.24) is 0 Å². The standard InChI is InChI=1S/C15H22O/c1-4-7-8-9-14-10-11-15(16-6-3)12-13(14)5-2/h4,7,10-12H,5-6,8-9H2,1-3H3/b7-4-. The lowest BCUT2D eigenvalue weighted by atomic mass is 10.0. The monoisotopic (exact) mass is 218 g/mol. The van der Waals surface area contributed by atoms with Crippen molar-refractivity contribution >= 4 is 0 Å². The van der Waals surface area contributed by atoms with E-state index in [0.29, 0.717) is 0 Å². The number of ether oxygens (including phenoxy) is 1. The largest absolute Gasteiger partial charge is 0.494 e. The summed E-state index contributed by atoms with van der Waals surface area (Å²) in [6, 6.07) is 6.45. The average Bonchev–Trinajstić information content (AvgIpc) is 2.31. The molecule has 0 saturated heterocycles. The Balaban J connectivity index is 2.75. The van der Waals surface area contributed by atoms with E-state index in [9.17, 15) is 0 Å². The lowest BCUT2D eigenvalue weighted by Gasteiger charge is -2.10. The van der Waals surface area contributed by atoms with Crippen LogP contribution in [0.25, 0.3) is 0 Å². The average molecular weight is 218 g/mol. The summed E-state index contributed by atoms with van der Waals surface area (Å²) in [5, 5.41) is 0. The molecular formula is C15H22O. The molecule has 0 radical (unpaired) electrons. The summed E-state index contributed by atoms with van der Waals surface area (Å²) >= 11 is 0. The molecule has 0 aliphatic heterocycles. The highest BCUT2D eigenvalue weighted by Gasteiger charge is 2.02. The van der Waals surface area contributed by atoms with E-state index >= 15 is 0 Å². The molecule has 0 heterocycles. The molecule has 0 fully saturated rings. The van der Waals surface area contributed by atoms with Crippen molar-refractivity contribution in [1.29, 1.82) is 0 Å². The highest BCUT2D eigenvalue weighted by molar-refractivity contribution is 5.36. The Morgan fingerprint density at radius 1 is 1.19 bits per heavy atom. The molecule has 1 aromatic rings. The molecule has 0 N–H and O–H groups in total. The highest BCUT2D eigenvalue weighted by Crippen LogP contribution is 2.20. The number of allylic oxidation sites excluding steroid dienone is 2. The summed E-state index contributed by atoms with van der Waals surface area (Å²) < 4.78 is 5.51. The summed E-state index contributed by atoms with van der Waals surface area (Å²) in [7, 11) is 0. The maximum atomic E-state index is 5.51. The van der Waals surface area contributed by atoms with Crippen LogP contribution in [0, 0.1) is 0 Å². The third-order valence-electron chi connectivity index (χ3n) is 2.69. The lowest BCUT2D eigenvalue weighted by Crippen LogP contribution is -1.96. The first-order chi connectivity index (χ1) is 7.81. The second-order valence-electron chi connectivity index (χ2n) is 3.82. The maximum Gasteiger partial charge on any atom is 0.119 e. The summed E-state index contributed by atoms with van der Waals surface area (Å²) in [4.78, 5) is 0. The molecule has 0 atom stereocenters. The van der Waals surface area contributed by atoms with E-state index in [1.165, 1.54) is 11.1 Å². The van der Waals surface area contributed by atoms with Crippen LogP contribution < -0.4 is 4.74 Å². The lowest BCUT2D eigenvalue weighted by molar-refractivity contribution is 0.340. The Labute approximate surface area is 99.1 Å². The molecule has 88 valence electrons. The fourth-order valence-electron chi connectivity index (χ4n) is 1.84. The SMILES string of the molecule is C/C=C\CCc1ccc(OCC)cc1CC. The van der Waals surface area contributed by atoms with Gasteiger partial charge in [-0.1, -0.05) is 25.1 Å². The van der Waals surface area contributed by atoms with Crippen molar-refractivity contribution < 1.29 is 4.74 Å². The molecule has 1 heteroatoms. The van der Waals surface area contributed by atoms with E-state index in [0.717, 1.165) is 31.6 Å². The number of benzene rings is 1. The fraction of sp³-hybridized carbons (Fsp3) is 0.467. The zero-order valence-electron chi connectivity index (χ0n) is 10.6. The van der Waals surface area contributed by atoms with Gasteiger partial charge in [-0.05, 0) is 56.4 Å².